The van der Waals surface area contributed by atoms with Crippen molar-refractivity contribution in [3.63, 3.8) is 0 Å². The molecule has 17 heavy (non-hydrogen) atoms. The van der Waals surface area contributed by atoms with E-state index >= 15 is 0 Å². The highest BCUT2D eigenvalue weighted by Gasteiger charge is 2.10. The van der Waals surface area contributed by atoms with Crippen LogP contribution in [0.1, 0.15) is 19.0 Å². The van der Waals surface area contributed by atoms with Crippen LogP contribution in [0.3, 0.4) is 0 Å². The molecule has 0 aromatic carbocycles. The second-order valence-electron chi connectivity index (χ2n) is 3.71. The van der Waals surface area contributed by atoms with Crippen LogP contribution in [0.15, 0.2) is 12.4 Å². The number of carbonyl (C=O) groups excluding carboxylic acids is 1. The maximum Gasteiger partial charge on any atom is 0.233 e. The molecule has 5 nitrogen and oxygen atoms in total. The Kier molecular flexibility index (Phi) is 5.86. The Morgan fingerprint density at radius 3 is 2.76 bits per heavy atom. The molecule has 0 aliphatic carbocycles. The summed E-state index contributed by atoms with van der Waals surface area (Å²) in [7, 11) is 1.63. The number of hydrogen-bond donors (Lipinski definition) is 1. The summed E-state index contributed by atoms with van der Waals surface area (Å²) in [6.07, 6.45) is 4.13. The topological polar surface area (TPSA) is 58.1 Å². The maximum absolute atomic E-state index is 11.3. The molecule has 1 N–H and O–H groups in total. The van der Waals surface area contributed by atoms with Gasteiger partial charge in [-0.3, -0.25) is 14.7 Å². The first-order chi connectivity index (χ1) is 8.15. The molecule has 0 radical (unpaired) electrons. The first-order valence-electron chi connectivity index (χ1n) is 5.55. The molecular formula is C11H17ClN4O. The van der Waals surface area contributed by atoms with E-state index in [0.717, 1.165) is 18.7 Å². The number of amides is 1. The molecule has 0 bridgehead atoms. The molecule has 0 atom stereocenters. The molecule has 0 fully saturated rings. The monoisotopic (exact) mass is 256 g/mol. The van der Waals surface area contributed by atoms with Gasteiger partial charge < -0.3 is 5.32 Å². The third-order valence-electron chi connectivity index (χ3n) is 2.25. The molecule has 6 heteroatoms. The minimum Gasteiger partial charge on any atom is -0.358 e. The number of nitrogens with one attached hydrogen (secondary N) is 1. The SMILES string of the molecule is CCCN(CC(=O)NC)Cc1cnc(Cl)cn1. The molecule has 1 heterocycles. The van der Waals surface area contributed by atoms with Crippen LogP contribution >= 0.6 is 11.6 Å². The molecule has 1 rings (SSSR count). The van der Waals surface area contributed by atoms with Crippen molar-refractivity contribution >= 4 is 17.5 Å². The fraction of sp³-hybridized carbons (Fsp3) is 0.545. The van der Waals surface area contributed by atoms with Crippen LogP contribution in [0, 0.1) is 0 Å². The number of carbonyl (C=O) groups is 1. The summed E-state index contributed by atoms with van der Waals surface area (Å²) < 4.78 is 0. The number of likely N-dealkylation sites (N-methyl/N-ethyl adjacent to an activating group) is 1. The summed E-state index contributed by atoms with van der Waals surface area (Å²) in [6.45, 7) is 3.89. The van der Waals surface area contributed by atoms with E-state index in [4.69, 9.17) is 11.6 Å². The van der Waals surface area contributed by atoms with Crippen molar-refractivity contribution < 1.29 is 4.79 Å². The minimum atomic E-state index is 0.000345. The van der Waals surface area contributed by atoms with Crippen molar-refractivity contribution in [2.24, 2.45) is 0 Å². The average molecular weight is 257 g/mol. The van der Waals surface area contributed by atoms with Gasteiger partial charge >= 0.3 is 0 Å². The number of aromatic nitrogens is 2. The van der Waals surface area contributed by atoms with Crippen LogP contribution < -0.4 is 5.32 Å². The highest BCUT2D eigenvalue weighted by molar-refractivity contribution is 6.29. The molecule has 0 saturated heterocycles. The summed E-state index contributed by atoms with van der Waals surface area (Å²) in [6, 6.07) is 0. The predicted molar refractivity (Wildman–Crippen MR) is 66.7 cm³/mol. The molecule has 0 aliphatic heterocycles. The van der Waals surface area contributed by atoms with Crippen LogP contribution in [0.25, 0.3) is 0 Å². The highest BCUT2D eigenvalue weighted by Crippen LogP contribution is 2.04. The first-order valence-corrected chi connectivity index (χ1v) is 5.92. The van der Waals surface area contributed by atoms with E-state index in [1.165, 1.54) is 6.20 Å². The average Bonchev–Trinajstić information content (AvgIpc) is 2.32. The van der Waals surface area contributed by atoms with Crippen LogP contribution in [-0.2, 0) is 11.3 Å². The van der Waals surface area contributed by atoms with E-state index in [0.29, 0.717) is 18.2 Å². The second-order valence-corrected chi connectivity index (χ2v) is 4.10. The number of nitrogens with zero attached hydrogens (tertiary/aromatic N) is 3. The van der Waals surface area contributed by atoms with Gasteiger partial charge in [0.2, 0.25) is 5.91 Å². The lowest BCUT2D eigenvalue weighted by Crippen LogP contribution is -2.35. The lowest BCUT2D eigenvalue weighted by atomic mass is 10.3. The van der Waals surface area contributed by atoms with Crippen molar-refractivity contribution in [3.05, 3.63) is 23.2 Å². The van der Waals surface area contributed by atoms with Gasteiger partial charge in [0.1, 0.15) is 5.15 Å². The summed E-state index contributed by atoms with van der Waals surface area (Å²) in [5, 5.41) is 2.99. The molecule has 0 aliphatic rings. The van der Waals surface area contributed by atoms with Gasteiger partial charge in [-0.2, -0.15) is 0 Å². The highest BCUT2D eigenvalue weighted by atomic mass is 35.5. The van der Waals surface area contributed by atoms with Gasteiger partial charge in [0, 0.05) is 13.6 Å². The van der Waals surface area contributed by atoms with Gasteiger partial charge in [0.05, 0.1) is 24.6 Å². The Labute approximate surface area is 106 Å². The van der Waals surface area contributed by atoms with E-state index in [-0.39, 0.29) is 5.91 Å². The lowest BCUT2D eigenvalue weighted by Gasteiger charge is -2.19. The van der Waals surface area contributed by atoms with Crippen molar-refractivity contribution in [3.8, 4) is 0 Å². The minimum absolute atomic E-state index is 0.000345. The largest absolute Gasteiger partial charge is 0.358 e. The van der Waals surface area contributed by atoms with E-state index < -0.39 is 0 Å². The standard InChI is InChI=1S/C11H17ClN4O/c1-3-4-16(8-11(17)13-2)7-9-5-15-10(12)6-14-9/h5-6H,3-4,7-8H2,1-2H3,(H,13,17). The third kappa shape index (κ3) is 5.10. The maximum atomic E-state index is 11.3. The molecule has 0 saturated carbocycles. The molecule has 0 unspecified atom stereocenters. The molecule has 1 aromatic heterocycles. The zero-order valence-corrected chi connectivity index (χ0v) is 10.9. The summed E-state index contributed by atoms with van der Waals surface area (Å²) in [4.78, 5) is 21.5. The lowest BCUT2D eigenvalue weighted by molar-refractivity contribution is -0.121. The van der Waals surface area contributed by atoms with E-state index in [1.807, 2.05) is 4.90 Å². The van der Waals surface area contributed by atoms with Crippen LogP contribution in [-0.4, -0.2) is 40.9 Å². The molecule has 1 aromatic rings. The van der Waals surface area contributed by atoms with E-state index in [1.54, 1.807) is 13.2 Å². The fourth-order valence-corrected chi connectivity index (χ4v) is 1.56. The molecular weight excluding hydrogens is 240 g/mol. The zero-order valence-electron chi connectivity index (χ0n) is 10.1. The van der Waals surface area contributed by atoms with Crippen molar-refractivity contribution in [2.45, 2.75) is 19.9 Å². The van der Waals surface area contributed by atoms with Crippen LogP contribution in [0.4, 0.5) is 0 Å². The Morgan fingerprint density at radius 1 is 1.47 bits per heavy atom. The number of rotatable bonds is 6. The number of halogens is 1. The van der Waals surface area contributed by atoms with Crippen molar-refractivity contribution in [1.29, 1.82) is 0 Å². The Bertz CT molecular complexity index is 355. The number of hydrogen-bond acceptors (Lipinski definition) is 4. The molecule has 0 spiro atoms. The molecule has 94 valence electrons. The van der Waals surface area contributed by atoms with E-state index in [9.17, 15) is 4.79 Å². The Morgan fingerprint density at radius 2 is 2.24 bits per heavy atom. The van der Waals surface area contributed by atoms with Crippen molar-refractivity contribution in [2.75, 3.05) is 20.1 Å². The van der Waals surface area contributed by atoms with Gasteiger partial charge in [0.25, 0.3) is 0 Å². The first kappa shape index (κ1) is 13.9. The van der Waals surface area contributed by atoms with Crippen LogP contribution in [0.2, 0.25) is 5.15 Å². The smallest absolute Gasteiger partial charge is 0.233 e. The third-order valence-corrected chi connectivity index (χ3v) is 2.44. The Balaban J connectivity index is 2.59. The summed E-state index contributed by atoms with van der Waals surface area (Å²) in [5.41, 5.74) is 0.812. The summed E-state index contributed by atoms with van der Waals surface area (Å²) in [5.74, 6) is 0.000345. The quantitative estimate of drug-likeness (QED) is 0.828. The van der Waals surface area contributed by atoms with Gasteiger partial charge in [-0.15, -0.1) is 0 Å². The van der Waals surface area contributed by atoms with Gasteiger partial charge in [-0.05, 0) is 13.0 Å². The van der Waals surface area contributed by atoms with Gasteiger partial charge in [-0.25, -0.2) is 4.98 Å². The normalized spacial score (nSPS) is 10.6. The van der Waals surface area contributed by atoms with E-state index in [2.05, 4.69) is 22.2 Å². The zero-order chi connectivity index (χ0) is 12.7. The predicted octanol–water partition coefficient (Wildman–Crippen LogP) is 1.09. The van der Waals surface area contributed by atoms with Crippen LogP contribution in [0.5, 0.6) is 0 Å². The van der Waals surface area contributed by atoms with Crippen molar-refractivity contribution in [1.82, 2.24) is 20.2 Å². The molecule has 1 amide bonds. The second kappa shape index (κ2) is 7.19. The van der Waals surface area contributed by atoms with Gasteiger partial charge in [0.15, 0.2) is 0 Å². The fourth-order valence-electron chi connectivity index (χ4n) is 1.46. The Hall–Kier alpha value is -1.20. The summed E-state index contributed by atoms with van der Waals surface area (Å²) >= 11 is 5.66. The van der Waals surface area contributed by atoms with Gasteiger partial charge in [-0.1, -0.05) is 18.5 Å².